The van der Waals surface area contributed by atoms with Crippen LogP contribution >= 0.6 is 23.5 Å². The summed E-state index contributed by atoms with van der Waals surface area (Å²) in [4.78, 5) is 56.4. The molecule has 0 saturated heterocycles. The first-order valence-corrected chi connectivity index (χ1v) is 15.6. The van der Waals surface area contributed by atoms with Crippen molar-refractivity contribution in [2.24, 2.45) is 11.8 Å². The van der Waals surface area contributed by atoms with Crippen LogP contribution in [0.2, 0.25) is 0 Å². The van der Waals surface area contributed by atoms with Gasteiger partial charge in [0.05, 0.1) is 26.4 Å². The second-order valence-corrected chi connectivity index (χ2v) is 12.0. The second kappa shape index (κ2) is 15.3. The summed E-state index contributed by atoms with van der Waals surface area (Å²) < 4.78 is 18.5. The summed E-state index contributed by atoms with van der Waals surface area (Å²) in [6, 6.07) is 18.3. The molecule has 41 heavy (non-hydrogen) atoms. The Morgan fingerprint density at radius 3 is 1.15 bits per heavy atom. The molecule has 8 nitrogen and oxygen atoms in total. The molecule has 2 aromatic carbocycles. The maximum absolute atomic E-state index is 13.8. The molecule has 2 atom stereocenters. The van der Waals surface area contributed by atoms with E-state index in [2.05, 4.69) is 0 Å². The van der Waals surface area contributed by atoms with E-state index in [0.29, 0.717) is 22.6 Å². The number of benzene rings is 2. The topological polar surface area (TPSA) is 105 Å². The molecule has 0 radical (unpaired) electrons. The molecule has 2 unspecified atom stereocenters. The number of hydrogen-bond acceptors (Lipinski definition) is 10. The highest BCUT2D eigenvalue weighted by atomic mass is 32.2. The van der Waals surface area contributed by atoms with Gasteiger partial charge in [-0.2, -0.15) is 0 Å². The monoisotopic (exact) mass is 602 g/mol. The number of ether oxygens (including phenoxy) is 4. The Morgan fingerprint density at radius 1 is 0.585 bits per heavy atom. The van der Waals surface area contributed by atoms with Crippen molar-refractivity contribution in [3.8, 4) is 0 Å². The highest BCUT2D eigenvalue weighted by Crippen LogP contribution is 2.55. The van der Waals surface area contributed by atoms with Crippen LogP contribution in [0.1, 0.15) is 47.0 Å². The Morgan fingerprint density at radius 2 is 0.878 bits per heavy atom. The van der Waals surface area contributed by atoms with Gasteiger partial charge in [-0.05, 0) is 83.1 Å². The number of rotatable bonds is 14. The third-order valence-electron chi connectivity index (χ3n) is 6.94. The van der Waals surface area contributed by atoms with E-state index in [1.807, 2.05) is 60.7 Å². The first kappa shape index (κ1) is 32.5. The van der Waals surface area contributed by atoms with Crippen LogP contribution in [0.4, 0.5) is 0 Å². The SMILES string of the molecule is CCOC(=O)C(Sc1ccccc1)(C(=O)OCC)C1CCC(C(Sc2ccccc2)(C(=O)OCC)C(=O)OCC)C1. The summed E-state index contributed by atoms with van der Waals surface area (Å²) in [6.07, 6.45) is 0.936. The van der Waals surface area contributed by atoms with Crippen molar-refractivity contribution in [2.75, 3.05) is 26.4 Å². The predicted octanol–water partition coefficient (Wildman–Crippen LogP) is 5.72. The number of esters is 4. The summed E-state index contributed by atoms with van der Waals surface area (Å²) in [5.41, 5.74) is 0. The molecule has 222 valence electrons. The van der Waals surface area contributed by atoms with Gasteiger partial charge >= 0.3 is 23.9 Å². The Bertz CT molecular complexity index is 1040. The zero-order chi connectivity index (χ0) is 29.9. The zero-order valence-corrected chi connectivity index (χ0v) is 25.6. The van der Waals surface area contributed by atoms with E-state index in [4.69, 9.17) is 18.9 Å². The molecular formula is C31H38O8S2. The minimum absolute atomic E-state index is 0.0743. The van der Waals surface area contributed by atoms with E-state index in [9.17, 15) is 19.2 Å². The summed E-state index contributed by atoms with van der Waals surface area (Å²) in [6.45, 7) is 7.03. The molecule has 10 heteroatoms. The van der Waals surface area contributed by atoms with Crippen LogP contribution in [0.25, 0.3) is 0 Å². The van der Waals surface area contributed by atoms with Crippen molar-refractivity contribution in [1.82, 2.24) is 0 Å². The van der Waals surface area contributed by atoms with Crippen LogP contribution < -0.4 is 0 Å². The van der Waals surface area contributed by atoms with Gasteiger partial charge in [0.2, 0.25) is 9.49 Å². The molecule has 2 aromatic rings. The third kappa shape index (κ3) is 7.09. The fourth-order valence-corrected chi connectivity index (χ4v) is 7.85. The second-order valence-electron chi connectivity index (χ2n) is 9.39. The van der Waals surface area contributed by atoms with Crippen molar-refractivity contribution in [2.45, 2.75) is 66.2 Å². The van der Waals surface area contributed by atoms with Crippen LogP contribution in [0, 0.1) is 11.8 Å². The van der Waals surface area contributed by atoms with Gasteiger partial charge in [-0.1, -0.05) is 59.9 Å². The number of thioether (sulfide) groups is 2. The van der Waals surface area contributed by atoms with E-state index in [0.717, 1.165) is 23.5 Å². The van der Waals surface area contributed by atoms with Crippen molar-refractivity contribution >= 4 is 47.4 Å². The molecule has 3 rings (SSSR count). The van der Waals surface area contributed by atoms with Crippen LogP contribution in [-0.2, 0) is 38.1 Å². The fraction of sp³-hybridized carbons (Fsp3) is 0.484. The molecule has 0 spiro atoms. The highest BCUT2D eigenvalue weighted by Gasteiger charge is 2.63. The molecule has 0 amide bonds. The van der Waals surface area contributed by atoms with Crippen LogP contribution in [0.5, 0.6) is 0 Å². The first-order chi connectivity index (χ1) is 19.8. The largest absolute Gasteiger partial charge is 0.464 e. The van der Waals surface area contributed by atoms with Gasteiger partial charge in [0.25, 0.3) is 0 Å². The van der Waals surface area contributed by atoms with Gasteiger partial charge in [-0.25, -0.2) is 19.2 Å². The van der Waals surface area contributed by atoms with E-state index >= 15 is 0 Å². The number of hydrogen-bond donors (Lipinski definition) is 0. The Balaban J connectivity index is 2.14. The molecular weight excluding hydrogens is 564 g/mol. The average molecular weight is 603 g/mol. The molecule has 0 heterocycles. The predicted molar refractivity (Wildman–Crippen MR) is 157 cm³/mol. The Labute approximate surface area is 250 Å². The van der Waals surface area contributed by atoms with Gasteiger partial charge in [-0.15, -0.1) is 0 Å². The van der Waals surface area contributed by atoms with Gasteiger partial charge in [0.1, 0.15) is 0 Å². The first-order valence-electron chi connectivity index (χ1n) is 14.0. The molecule has 0 aliphatic heterocycles. The van der Waals surface area contributed by atoms with Crippen molar-refractivity contribution in [3.05, 3.63) is 60.7 Å². The summed E-state index contributed by atoms with van der Waals surface area (Å²) in [5.74, 6) is -4.01. The summed E-state index contributed by atoms with van der Waals surface area (Å²) in [7, 11) is 0. The Hall–Kier alpha value is -2.98. The van der Waals surface area contributed by atoms with Gasteiger partial charge in [0.15, 0.2) is 0 Å². The van der Waals surface area contributed by atoms with Crippen molar-refractivity contribution in [3.63, 3.8) is 0 Å². The highest BCUT2D eigenvalue weighted by molar-refractivity contribution is 8.02. The molecule has 0 aromatic heterocycles. The quantitative estimate of drug-likeness (QED) is 0.115. The Kier molecular flexibility index (Phi) is 12.1. The lowest BCUT2D eigenvalue weighted by Gasteiger charge is -2.36. The van der Waals surface area contributed by atoms with Gasteiger partial charge in [-0.3, -0.25) is 0 Å². The lowest BCUT2D eigenvalue weighted by Crippen LogP contribution is -2.53. The van der Waals surface area contributed by atoms with Crippen LogP contribution in [0.3, 0.4) is 0 Å². The smallest absolute Gasteiger partial charge is 0.334 e. The van der Waals surface area contributed by atoms with E-state index in [1.165, 1.54) is 0 Å². The summed E-state index contributed by atoms with van der Waals surface area (Å²) >= 11 is 2.19. The van der Waals surface area contributed by atoms with Crippen LogP contribution in [0.15, 0.2) is 70.5 Å². The number of carbonyl (C=O) groups is 4. The normalized spacial score (nSPS) is 17.0. The molecule has 1 aliphatic carbocycles. The van der Waals surface area contributed by atoms with Crippen molar-refractivity contribution < 1.29 is 38.1 Å². The fourth-order valence-electron chi connectivity index (χ4n) is 5.19. The van der Waals surface area contributed by atoms with Gasteiger partial charge < -0.3 is 18.9 Å². The minimum Gasteiger partial charge on any atom is -0.464 e. The molecule has 0 N–H and O–H groups in total. The minimum atomic E-state index is -1.74. The van der Waals surface area contributed by atoms with Gasteiger partial charge in [0, 0.05) is 9.79 Å². The van der Waals surface area contributed by atoms with E-state index in [1.54, 1.807) is 27.7 Å². The van der Waals surface area contributed by atoms with Crippen molar-refractivity contribution in [1.29, 1.82) is 0 Å². The van der Waals surface area contributed by atoms with E-state index < -0.39 is 45.2 Å². The molecule has 1 fully saturated rings. The molecule has 1 aliphatic rings. The zero-order valence-electron chi connectivity index (χ0n) is 24.0. The standard InChI is InChI=1S/C31H38O8S2/c1-5-36-26(32)30(27(33)37-6-2,40-24-15-11-9-12-16-24)22-19-20-23(21-22)31(28(34)38-7-3,29(35)39-8-4)41-25-17-13-10-14-18-25/h9-18,22-23H,5-8,19-21H2,1-4H3. The third-order valence-corrected chi connectivity index (χ3v) is 9.93. The average Bonchev–Trinajstić information content (AvgIpc) is 3.47. The van der Waals surface area contributed by atoms with E-state index in [-0.39, 0.29) is 32.8 Å². The molecule has 0 bridgehead atoms. The summed E-state index contributed by atoms with van der Waals surface area (Å²) in [5, 5.41) is 0. The molecule has 1 saturated carbocycles. The maximum Gasteiger partial charge on any atom is 0.334 e. The van der Waals surface area contributed by atoms with Crippen LogP contribution in [-0.4, -0.2) is 59.8 Å². The number of carbonyl (C=O) groups excluding carboxylic acids is 4. The maximum atomic E-state index is 13.8. The lowest BCUT2D eigenvalue weighted by atomic mass is 9.84. The lowest BCUT2D eigenvalue weighted by molar-refractivity contribution is -0.161.